The Morgan fingerprint density at radius 3 is 2.64 bits per heavy atom. The highest BCUT2D eigenvalue weighted by atomic mass is 35.5. The van der Waals surface area contributed by atoms with Gasteiger partial charge in [0.2, 0.25) is 5.91 Å². The van der Waals surface area contributed by atoms with Crippen molar-refractivity contribution in [1.82, 2.24) is 4.90 Å². The Morgan fingerprint density at radius 2 is 2.09 bits per heavy atom. The second-order valence-corrected chi connectivity index (χ2v) is 6.94. The van der Waals surface area contributed by atoms with Crippen LogP contribution in [0.1, 0.15) is 20.8 Å². The van der Waals surface area contributed by atoms with Crippen molar-refractivity contribution in [2.24, 2.45) is 0 Å². The van der Waals surface area contributed by atoms with Crippen molar-refractivity contribution in [1.29, 1.82) is 0 Å². The van der Waals surface area contributed by atoms with Gasteiger partial charge in [-0.3, -0.25) is 4.79 Å². The van der Waals surface area contributed by atoms with E-state index in [0.717, 1.165) is 17.4 Å². The van der Waals surface area contributed by atoms with Crippen LogP contribution < -0.4 is 10.1 Å². The van der Waals surface area contributed by atoms with E-state index in [9.17, 15) is 4.79 Å². The molecule has 22 heavy (non-hydrogen) atoms. The number of ether oxygens (including phenoxy) is 1. The van der Waals surface area contributed by atoms with E-state index in [2.05, 4.69) is 5.32 Å². The minimum Gasteiger partial charge on any atom is -0.495 e. The lowest BCUT2D eigenvalue weighted by molar-refractivity contribution is -0.115. The number of halogens is 1. The minimum absolute atomic E-state index is 0.139. The van der Waals surface area contributed by atoms with Gasteiger partial charge in [-0.1, -0.05) is 35.6 Å². The largest absolute Gasteiger partial charge is 0.495 e. The average molecular weight is 361 g/mol. The van der Waals surface area contributed by atoms with Crippen molar-refractivity contribution in [2.45, 2.75) is 26.0 Å². The molecule has 1 aromatic rings. The van der Waals surface area contributed by atoms with Gasteiger partial charge in [-0.05, 0) is 39.0 Å². The van der Waals surface area contributed by atoms with Gasteiger partial charge < -0.3 is 15.0 Å². The molecule has 0 unspecified atom stereocenters. The number of nitrogens with one attached hydrogen (secondary N) is 1. The Hall–Kier alpha value is -0.980. The maximum Gasteiger partial charge on any atom is 0.237 e. The number of rotatable bonds is 6. The monoisotopic (exact) mass is 360 g/mol. The molecule has 122 valence electrons. The first-order valence-electron chi connectivity index (χ1n) is 7.02. The van der Waals surface area contributed by atoms with Gasteiger partial charge in [-0.15, -0.1) is 0 Å². The van der Waals surface area contributed by atoms with Crippen molar-refractivity contribution in [2.75, 3.05) is 25.5 Å². The van der Waals surface area contributed by atoms with Crippen molar-refractivity contribution >= 4 is 51.5 Å². The number of benzene rings is 1. The Morgan fingerprint density at radius 1 is 1.45 bits per heavy atom. The van der Waals surface area contributed by atoms with Gasteiger partial charge >= 0.3 is 0 Å². The highest BCUT2D eigenvalue weighted by molar-refractivity contribution is 8.23. The van der Waals surface area contributed by atoms with Crippen LogP contribution in [0.2, 0.25) is 5.02 Å². The summed E-state index contributed by atoms with van der Waals surface area (Å²) in [7, 11) is 1.55. The van der Waals surface area contributed by atoms with Gasteiger partial charge in [0.05, 0.1) is 18.0 Å². The van der Waals surface area contributed by atoms with E-state index in [-0.39, 0.29) is 11.2 Å². The smallest absolute Gasteiger partial charge is 0.237 e. The molecule has 0 radical (unpaired) electrons. The summed E-state index contributed by atoms with van der Waals surface area (Å²) in [6.07, 6.45) is 0. The maximum absolute atomic E-state index is 12.3. The summed E-state index contributed by atoms with van der Waals surface area (Å²) in [5, 5.41) is 3.06. The topological polar surface area (TPSA) is 41.6 Å². The summed E-state index contributed by atoms with van der Waals surface area (Å²) < 4.78 is 5.95. The van der Waals surface area contributed by atoms with Gasteiger partial charge in [0, 0.05) is 18.1 Å². The van der Waals surface area contributed by atoms with E-state index in [4.69, 9.17) is 28.6 Å². The summed E-state index contributed by atoms with van der Waals surface area (Å²) in [6, 6.07) is 5.10. The van der Waals surface area contributed by atoms with E-state index in [1.54, 1.807) is 25.3 Å². The van der Waals surface area contributed by atoms with Crippen LogP contribution in [-0.2, 0) is 4.79 Å². The fourth-order valence-corrected chi connectivity index (χ4v) is 3.51. The van der Waals surface area contributed by atoms with Crippen LogP contribution in [0.3, 0.4) is 0 Å². The predicted molar refractivity (Wildman–Crippen MR) is 99.2 cm³/mol. The van der Waals surface area contributed by atoms with Crippen LogP contribution in [0.25, 0.3) is 0 Å². The standard InChI is InChI=1S/C15H21ClN2O2S2/c1-5-18(6-2)15(21)22-10(3)14(19)17-12-9-11(16)7-8-13(12)20-4/h7-10H,5-6H2,1-4H3,(H,17,19)/t10-/m1/s1. The second kappa shape index (κ2) is 9.22. The van der Waals surface area contributed by atoms with Gasteiger partial charge in [0.15, 0.2) is 0 Å². The highest BCUT2D eigenvalue weighted by Gasteiger charge is 2.19. The Labute approximate surface area is 146 Å². The first kappa shape index (κ1) is 19.1. The number of nitrogens with zero attached hydrogens (tertiary/aromatic N) is 1. The van der Waals surface area contributed by atoms with Gasteiger partial charge in [0.1, 0.15) is 10.1 Å². The van der Waals surface area contributed by atoms with Crippen LogP contribution >= 0.6 is 35.6 Å². The Kier molecular flexibility index (Phi) is 8.00. The molecule has 0 aromatic heterocycles. The molecule has 7 heteroatoms. The van der Waals surface area contributed by atoms with E-state index in [0.29, 0.717) is 16.5 Å². The number of thioether (sulfide) groups is 1. The lowest BCUT2D eigenvalue weighted by Crippen LogP contribution is -2.31. The number of hydrogen-bond donors (Lipinski definition) is 1. The van der Waals surface area contributed by atoms with E-state index < -0.39 is 0 Å². The van der Waals surface area contributed by atoms with Crippen LogP contribution in [0.5, 0.6) is 5.75 Å². The summed E-state index contributed by atoms with van der Waals surface area (Å²) in [5.41, 5.74) is 0.557. The van der Waals surface area contributed by atoms with Crippen molar-refractivity contribution in [3.63, 3.8) is 0 Å². The number of carbonyl (C=O) groups excluding carboxylic acids is 1. The van der Waals surface area contributed by atoms with Crippen LogP contribution in [0.4, 0.5) is 5.69 Å². The number of amides is 1. The zero-order valence-electron chi connectivity index (χ0n) is 13.2. The maximum atomic E-state index is 12.3. The average Bonchev–Trinajstić information content (AvgIpc) is 2.48. The zero-order valence-corrected chi connectivity index (χ0v) is 15.6. The normalized spacial score (nSPS) is 11.7. The Balaban J connectivity index is 2.72. The lowest BCUT2D eigenvalue weighted by atomic mass is 10.3. The Bertz CT molecular complexity index is 536. The molecule has 1 atom stereocenters. The third kappa shape index (κ3) is 5.34. The summed E-state index contributed by atoms with van der Waals surface area (Å²) in [6.45, 7) is 7.57. The zero-order chi connectivity index (χ0) is 16.7. The van der Waals surface area contributed by atoms with E-state index in [1.807, 2.05) is 25.7 Å². The van der Waals surface area contributed by atoms with Crippen molar-refractivity contribution in [3.8, 4) is 5.75 Å². The fraction of sp³-hybridized carbons (Fsp3) is 0.467. The SMILES string of the molecule is CCN(CC)C(=S)S[C@H](C)C(=O)Nc1cc(Cl)ccc1OC. The molecule has 1 amide bonds. The van der Waals surface area contributed by atoms with Gasteiger partial charge in [-0.2, -0.15) is 0 Å². The number of carbonyl (C=O) groups is 1. The molecule has 0 aliphatic heterocycles. The van der Waals surface area contributed by atoms with Crippen LogP contribution in [0, 0.1) is 0 Å². The molecule has 1 rings (SSSR count). The van der Waals surface area contributed by atoms with Crippen LogP contribution in [0.15, 0.2) is 18.2 Å². The molecule has 0 bridgehead atoms. The van der Waals surface area contributed by atoms with E-state index >= 15 is 0 Å². The second-order valence-electron chi connectivity index (χ2n) is 4.53. The molecule has 0 fully saturated rings. The molecule has 0 spiro atoms. The van der Waals surface area contributed by atoms with Gasteiger partial charge in [-0.25, -0.2) is 0 Å². The number of methoxy groups -OCH3 is 1. The quantitative estimate of drug-likeness (QED) is 0.775. The third-order valence-electron chi connectivity index (χ3n) is 3.09. The fourth-order valence-electron chi connectivity index (χ4n) is 1.77. The van der Waals surface area contributed by atoms with E-state index in [1.165, 1.54) is 11.8 Å². The molecular weight excluding hydrogens is 340 g/mol. The van der Waals surface area contributed by atoms with Crippen molar-refractivity contribution in [3.05, 3.63) is 23.2 Å². The summed E-state index contributed by atoms with van der Waals surface area (Å²) in [4.78, 5) is 14.4. The predicted octanol–water partition coefficient (Wildman–Crippen LogP) is 4.04. The number of anilines is 1. The molecule has 0 heterocycles. The van der Waals surface area contributed by atoms with Crippen molar-refractivity contribution < 1.29 is 9.53 Å². The highest BCUT2D eigenvalue weighted by Crippen LogP contribution is 2.28. The summed E-state index contributed by atoms with van der Waals surface area (Å²) in [5.74, 6) is 0.432. The number of hydrogen-bond acceptors (Lipinski definition) is 4. The molecular formula is C15H21ClN2O2S2. The lowest BCUT2D eigenvalue weighted by Gasteiger charge is -2.23. The molecule has 1 aromatic carbocycles. The van der Waals surface area contributed by atoms with Crippen LogP contribution in [-0.4, -0.2) is 40.6 Å². The summed E-state index contributed by atoms with van der Waals surface area (Å²) >= 11 is 12.7. The molecule has 0 aliphatic rings. The third-order valence-corrected chi connectivity index (χ3v) is 4.90. The first-order chi connectivity index (χ1) is 10.4. The molecule has 0 aliphatic carbocycles. The molecule has 0 saturated carbocycles. The molecule has 4 nitrogen and oxygen atoms in total. The molecule has 1 N–H and O–H groups in total. The molecule has 0 saturated heterocycles. The first-order valence-corrected chi connectivity index (χ1v) is 8.69. The minimum atomic E-state index is -0.309. The van der Waals surface area contributed by atoms with Gasteiger partial charge in [0.25, 0.3) is 0 Å². The number of thiocarbonyl (C=S) groups is 1.